The van der Waals surface area contributed by atoms with Crippen molar-refractivity contribution < 1.29 is 4.79 Å². The summed E-state index contributed by atoms with van der Waals surface area (Å²) in [5.74, 6) is 1.84. The fourth-order valence-electron chi connectivity index (χ4n) is 3.80. The molecule has 4 atom stereocenters. The smallest absolute Gasteiger partial charge is 0.249 e. The van der Waals surface area contributed by atoms with Gasteiger partial charge in [-0.15, -0.1) is 5.10 Å². The van der Waals surface area contributed by atoms with Crippen molar-refractivity contribution in [1.29, 1.82) is 0 Å². The van der Waals surface area contributed by atoms with Crippen molar-refractivity contribution >= 4 is 5.91 Å². The van der Waals surface area contributed by atoms with Gasteiger partial charge in [-0.1, -0.05) is 42.5 Å². The molecule has 118 valence electrons. The van der Waals surface area contributed by atoms with Crippen LogP contribution < -0.4 is 5.32 Å². The van der Waals surface area contributed by atoms with E-state index in [0.29, 0.717) is 17.8 Å². The van der Waals surface area contributed by atoms with E-state index in [-0.39, 0.29) is 5.91 Å². The van der Waals surface area contributed by atoms with Crippen LogP contribution in [-0.4, -0.2) is 32.7 Å². The number of tetrazole rings is 1. The Labute approximate surface area is 134 Å². The number of allylic oxidation sites excluding steroid dienone is 2. The normalized spacial score (nSPS) is 26.3. The molecule has 2 aliphatic rings. The summed E-state index contributed by atoms with van der Waals surface area (Å²) in [6, 6.07) is 9.08. The second-order valence-corrected chi connectivity index (χ2v) is 6.39. The third-order valence-corrected chi connectivity index (χ3v) is 4.95. The molecule has 1 saturated carbocycles. The fourth-order valence-corrected chi connectivity index (χ4v) is 3.80. The molecule has 0 aliphatic heterocycles. The van der Waals surface area contributed by atoms with Gasteiger partial charge >= 0.3 is 0 Å². The zero-order valence-corrected chi connectivity index (χ0v) is 12.7. The lowest BCUT2D eigenvalue weighted by Crippen LogP contribution is -2.37. The van der Waals surface area contributed by atoms with Crippen LogP contribution in [0.5, 0.6) is 0 Å². The van der Waals surface area contributed by atoms with Crippen molar-refractivity contribution in [2.24, 2.45) is 17.8 Å². The fraction of sp³-hybridized carbons (Fsp3) is 0.412. The topological polar surface area (TPSA) is 72.7 Å². The van der Waals surface area contributed by atoms with E-state index in [1.54, 1.807) is 0 Å². The van der Waals surface area contributed by atoms with Gasteiger partial charge in [0.1, 0.15) is 6.33 Å². The van der Waals surface area contributed by atoms with Crippen molar-refractivity contribution in [2.75, 3.05) is 6.54 Å². The number of amides is 1. The lowest BCUT2D eigenvalue weighted by molar-refractivity contribution is -0.123. The van der Waals surface area contributed by atoms with E-state index in [9.17, 15) is 4.79 Å². The molecule has 1 N–H and O–H groups in total. The number of nitrogens with one attached hydrogen (secondary N) is 1. The van der Waals surface area contributed by atoms with E-state index in [2.05, 4.69) is 33.0 Å². The highest BCUT2D eigenvalue weighted by molar-refractivity contribution is 5.83. The Morgan fingerprint density at radius 3 is 2.78 bits per heavy atom. The zero-order valence-electron chi connectivity index (χ0n) is 12.7. The van der Waals surface area contributed by atoms with Gasteiger partial charge in [0, 0.05) is 6.54 Å². The third kappa shape index (κ3) is 2.76. The molecule has 23 heavy (non-hydrogen) atoms. The van der Waals surface area contributed by atoms with Gasteiger partial charge in [0.15, 0.2) is 6.04 Å². The predicted molar refractivity (Wildman–Crippen MR) is 84.3 cm³/mol. The Morgan fingerprint density at radius 2 is 2.13 bits per heavy atom. The van der Waals surface area contributed by atoms with Crippen LogP contribution in [0.1, 0.15) is 24.4 Å². The molecule has 2 aliphatic carbocycles. The number of hydrogen-bond donors (Lipinski definition) is 1. The monoisotopic (exact) mass is 309 g/mol. The summed E-state index contributed by atoms with van der Waals surface area (Å²) in [4.78, 5) is 12.8. The van der Waals surface area contributed by atoms with Crippen LogP contribution in [0.4, 0.5) is 0 Å². The number of carbonyl (C=O) groups is 1. The number of carbonyl (C=O) groups excluding carboxylic acids is 1. The van der Waals surface area contributed by atoms with Crippen LogP contribution >= 0.6 is 0 Å². The average Bonchev–Trinajstić information content (AvgIpc) is 3.32. The van der Waals surface area contributed by atoms with Crippen molar-refractivity contribution in [3.05, 3.63) is 54.4 Å². The predicted octanol–water partition coefficient (Wildman–Crippen LogP) is 1.59. The van der Waals surface area contributed by atoms with Crippen LogP contribution in [0.3, 0.4) is 0 Å². The van der Waals surface area contributed by atoms with Gasteiger partial charge in [0.05, 0.1) is 0 Å². The van der Waals surface area contributed by atoms with Crippen LogP contribution in [-0.2, 0) is 4.79 Å². The van der Waals surface area contributed by atoms with E-state index < -0.39 is 6.04 Å². The lowest BCUT2D eigenvalue weighted by atomic mass is 9.93. The maximum atomic E-state index is 12.8. The van der Waals surface area contributed by atoms with Gasteiger partial charge < -0.3 is 5.32 Å². The molecular formula is C17H19N5O. The van der Waals surface area contributed by atoms with Crippen LogP contribution in [0.2, 0.25) is 0 Å². The molecule has 0 radical (unpaired) electrons. The van der Waals surface area contributed by atoms with Gasteiger partial charge in [-0.3, -0.25) is 4.79 Å². The highest BCUT2D eigenvalue weighted by Crippen LogP contribution is 2.43. The summed E-state index contributed by atoms with van der Waals surface area (Å²) in [6.45, 7) is 0.718. The first-order chi connectivity index (χ1) is 11.3. The quantitative estimate of drug-likeness (QED) is 0.851. The van der Waals surface area contributed by atoms with Gasteiger partial charge in [0.2, 0.25) is 5.91 Å². The number of rotatable bonds is 5. The van der Waals surface area contributed by atoms with Gasteiger partial charge in [-0.05, 0) is 46.6 Å². The number of nitrogens with zero attached hydrogens (tertiary/aromatic N) is 4. The first kappa shape index (κ1) is 14.1. The number of fused-ring (bicyclic) bond motifs is 2. The standard InChI is InChI=1S/C17H19N5O/c23-17(18-10-15-9-12-6-7-14(15)8-12)16(22-11-19-20-21-22)13-4-2-1-3-5-13/h1-7,11-12,14-16H,8-10H2,(H,18,23)/t12-,14+,15+,16+/m1/s1. The molecule has 2 bridgehead atoms. The average molecular weight is 309 g/mol. The van der Waals surface area contributed by atoms with E-state index in [1.165, 1.54) is 23.9 Å². The van der Waals surface area contributed by atoms with Crippen LogP contribution in [0.25, 0.3) is 0 Å². The molecule has 0 spiro atoms. The molecule has 1 aromatic carbocycles. The Morgan fingerprint density at radius 1 is 1.26 bits per heavy atom. The van der Waals surface area contributed by atoms with Crippen LogP contribution in [0, 0.1) is 17.8 Å². The molecular weight excluding hydrogens is 290 g/mol. The zero-order chi connectivity index (χ0) is 15.6. The second-order valence-electron chi connectivity index (χ2n) is 6.39. The minimum atomic E-state index is -0.527. The van der Waals surface area contributed by atoms with Crippen molar-refractivity contribution in [1.82, 2.24) is 25.5 Å². The SMILES string of the molecule is O=C(NC[C@@H]1C[C@@H]2C=C[C@H]1C2)[C@H](c1ccccc1)n1cnnn1. The maximum Gasteiger partial charge on any atom is 0.249 e. The van der Waals surface area contributed by atoms with E-state index in [4.69, 9.17) is 0 Å². The molecule has 1 aromatic heterocycles. The molecule has 2 aromatic rings. The minimum Gasteiger partial charge on any atom is -0.354 e. The highest BCUT2D eigenvalue weighted by atomic mass is 16.2. The number of aromatic nitrogens is 4. The molecule has 1 heterocycles. The summed E-state index contributed by atoms with van der Waals surface area (Å²) >= 11 is 0. The van der Waals surface area contributed by atoms with Gasteiger partial charge in [-0.2, -0.15) is 0 Å². The van der Waals surface area contributed by atoms with Crippen LogP contribution in [0.15, 0.2) is 48.8 Å². The lowest BCUT2D eigenvalue weighted by Gasteiger charge is -2.21. The Bertz CT molecular complexity index is 697. The highest BCUT2D eigenvalue weighted by Gasteiger charge is 2.36. The molecule has 0 saturated heterocycles. The second kappa shape index (κ2) is 5.95. The molecule has 1 amide bonds. The largest absolute Gasteiger partial charge is 0.354 e. The van der Waals surface area contributed by atoms with E-state index in [1.807, 2.05) is 30.3 Å². The molecule has 4 rings (SSSR count). The summed E-state index contributed by atoms with van der Waals surface area (Å²) in [6.07, 6.45) is 8.54. The summed E-state index contributed by atoms with van der Waals surface area (Å²) in [5.41, 5.74) is 0.880. The molecule has 6 heteroatoms. The first-order valence-electron chi connectivity index (χ1n) is 8.04. The Hall–Kier alpha value is -2.50. The summed E-state index contributed by atoms with van der Waals surface area (Å²) in [7, 11) is 0. The van der Waals surface area contributed by atoms with Crippen molar-refractivity contribution in [2.45, 2.75) is 18.9 Å². The first-order valence-corrected chi connectivity index (χ1v) is 8.04. The number of hydrogen-bond acceptors (Lipinski definition) is 4. The summed E-state index contributed by atoms with van der Waals surface area (Å²) < 4.78 is 1.51. The Kier molecular flexibility index (Phi) is 3.65. The third-order valence-electron chi connectivity index (χ3n) is 4.95. The maximum absolute atomic E-state index is 12.8. The van der Waals surface area contributed by atoms with Gasteiger partial charge in [0.25, 0.3) is 0 Å². The summed E-state index contributed by atoms with van der Waals surface area (Å²) in [5, 5.41) is 14.3. The van der Waals surface area contributed by atoms with E-state index >= 15 is 0 Å². The Balaban J connectivity index is 1.48. The number of benzene rings is 1. The van der Waals surface area contributed by atoms with Crippen molar-refractivity contribution in [3.63, 3.8) is 0 Å². The molecule has 6 nitrogen and oxygen atoms in total. The van der Waals surface area contributed by atoms with E-state index in [0.717, 1.165) is 12.1 Å². The molecule has 1 fully saturated rings. The minimum absolute atomic E-state index is 0.0600. The molecule has 0 unspecified atom stereocenters. The van der Waals surface area contributed by atoms with Crippen molar-refractivity contribution in [3.8, 4) is 0 Å². The van der Waals surface area contributed by atoms with Gasteiger partial charge in [-0.25, -0.2) is 4.68 Å².